The molecular formula is C10H15N3O4S2. The van der Waals surface area contributed by atoms with Crippen LogP contribution in [0.15, 0.2) is 9.64 Å². The highest BCUT2D eigenvalue weighted by Crippen LogP contribution is 2.29. The summed E-state index contributed by atoms with van der Waals surface area (Å²) >= 11 is 1.34. The molecule has 0 unspecified atom stereocenters. The van der Waals surface area contributed by atoms with Crippen LogP contribution in [0.2, 0.25) is 0 Å². The summed E-state index contributed by atoms with van der Waals surface area (Å²) in [6.07, 6.45) is 0.542. The maximum atomic E-state index is 11.4. The van der Waals surface area contributed by atoms with E-state index in [1.807, 2.05) is 0 Å². The second kappa shape index (κ2) is 5.91. The van der Waals surface area contributed by atoms with Crippen LogP contribution in [0.4, 0.5) is 0 Å². The van der Waals surface area contributed by atoms with Crippen molar-refractivity contribution in [1.82, 2.24) is 15.5 Å². The summed E-state index contributed by atoms with van der Waals surface area (Å²) in [6.45, 7) is 1.98. The molecule has 1 saturated heterocycles. The van der Waals surface area contributed by atoms with Crippen molar-refractivity contribution in [3.8, 4) is 0 Å². The molecule has 0 bridgehead atoms. The van der Waals surface area contributed by atoms with Crippen LogP contribution in [-0.4, -0.2) is 48.3 Å². The van der Waals surface area contributed by atoms with Gasteiger partial charge < -0.3 is 9.73 Å². The normalized spacial score (nSPS) is 21.4. The van der Waals surface area contributed by atoms with Gasteiger partial charge in [0.1, 0.15) is 0 Å². The second-order valence-corrected chi connectivity index (χ2v) is 7.61. The van der Waals surface area contributed by atoms with Crippen molar-refractivity contribution < 1.29 is 17.6 Å². The molecule has 1 amide bonds. The van der Waals surface area contributed by atoms with E-state index in [0.717, 1.165) is 0 Å². The highest BCUT2D eigenvalue weighted by atomic mass is 32.2. The molecule has 2 heterocycles. The Morgan fingerprint density at radius 3 is 2.95 bits per heavy atom. The average Bonchev–Trinajstić information content (AvgIpc) is 2.90. The molecule has 7 nitrogen and oxygen atoms in total. The molecule has 0 saturated carbocycles. The third-order valence-electron chi connectivity index (χ3n) is 2.71. The number of nitrogens with zero attached hydrogens (tertiary/aromatic N) is 2. The molecule has 9 heteroatoms. The van der Waals surface area contributed by atoms with Crippen LogP contribution in [0.1, 0.15) is 25.2 Å². The SMILES string of the molecule is CC(=O)NCCSc1nnc([C@H]2CCS(=O)(=O)C2)o1. The first-order chi connectivity index (χ1) is 8.96. The molecule has 106 valence electrons. The van der Waals surface area contributed by atoms with Crippen LogP contribution in [0.3, 0.4) is 0 Å². The molecule has 2 rings (SSSR count). The fourth-order valence-corrected chi connectivity index (χ4v) is 4.15. The molecule has 1 aliphatic rings. The minimum atomic E-state index is -2.95. The number of amides is 1. The molecule has 19 heavy (non-hydrogen) atoms. The Balaban J connectivity index is 1.84. The van der Waals surface area contributed by atoms with Crippen molar-refractivity contribution in [2.45, 2.75) is 24.5 Å². The smallest absolute Gasteiger partial charge is 0.276 e. The number of aromatic nitrogens is 2. The van der Waals surface area contributed by atoms with Gasteiger partial charge in [-0.3, -0.25) is 4.79 Å². The molecule has 0 aromatic carbocycles. The predicted octanol–water partition coefficient (Wildman–Crippen LogP) is 0.200. The Hall–Kier alpha value is -1.09. The highest BCUT2D eigenvalue weighted by molar-refractivity contribution is 7.99. The Morgan fingerprint density at radius 2 is 2.32 bits per heavy atom. The minimum Gasteiger partial charge on any atom is -0.416 e. The number of rotatable bonds is 5. The van der Waals surface area contributed by atoms with Gasteiger partial charge in [-0.2, -0.15) is 0 Å². The van der Waals surface area contributed by atoms with Gasteiger partial charge in [0.15, 0.2) is 9.84 Å². The first-order valence-corrected chi connectivity index (χ1v) is 8.68. The Morgan fingerprint density at radius 1 is 1.53 bits per heavy atom. The van der Waals surface area contributed by atoms with E-state index in [0.29, 0.717) is 29.8 Å². The molecule has 1 fully saturated rings. The number of sulfone groups is 1. The zero-order valence-corrected chi connectivity index (χ0v) is 12.1. The van der Waals surface area contributed by atoms with E-state index in [2.05, 4.69) is 15.5 Å². The second-order valence-electron chi connectivity index (χ2n) is 4.34. The largest absolute Gasteiger partial charge is 0.416 e. The number of thioether (sulfide) groups is 1. The topological polar surface area (TPSA) is 102 Å². The van der Waals surface area contributed by atoms with Gasteiger partial charge in [-0.25, -0.2) is 8.42 Å². The van der Waals surface area contributed by atoms with Gasteiger partial charge in [0.25, 0.3) is 5.22 Å². The van der Waals surface area contributed by atoms with Crippen LogP contribution < -0.4 is 5.32 Å². The predicted molar refractivity (Wildman–Crippen MR) is 69.7 cm³/mol. The van der Waals surface area contributed by atoms with Gasteiger partial charge in [-0.05, 0) is 6.42 Å². The first-order valence-electron chi connectivity index (χ1n) is 5.87. The lowest BCUT2D eigenvalue weighted by atomic mass is 10.1. The van der Waals surface area contributed by atoms with Gasteiger partial charge in [-0.1, -0.05) is 11.8 Å². The van der Waals surface area contributed by atoms with Crippen LogP contribution in [0, 0.1) is 0 Å². The van der Waals surface area contributed by atoms with Crippen molar-refractivity contribution in [1.29, 1.82) is 0 Å². The number of carbonyl (C=O) groups is 1. The Labute approximate surface area is 115 Å². The van der Waals surface area contributed by atoms with E-state index < -0.39 is 9.84 Å². The van der Waals surface area contributed by atoms with Crippen molar-refractivity contribution in [2.24, 2.45) is 0 Å². The third kappa shape index (κ3) is 4.20. The molecule has 1 aliphatic heterocycles. The van der Waals surface area contributed by atoms with Crippen LogP contribution in [0.5, 0.6) is 0 Å². The van der Waals surface area contributed by atoms with E-state index in [-0.39, 0.29) is 23.3 Å². The molecule has 1 aromatic heterocycles. The molecular weight excluding hydrogens is 290 g/mol. The summed E-state index contributed by atoms with van der Waals surface area (Å²) in [6, 6.07) is 0. The summed E-state index contributed by atoms with van der Waals surface area (Å²) in [5.41, 5.74) is 0. The fraction of sp³-hybridized carbons (Fsp3) is 0.700. The van der Waals surface area contributed by atoms with Crippen molar-refractivity contribution in [3.63, 3.8) is 0 Å². The van der Waals surface area contributed by atoms with Crippen LogP contribution in [0.25, 0.3) is 0 Å². The lowest BCUT2D eigenvalue weighted by Gasteiger charge is -2.00. The number of hydrogen-bond acceptors (Lipinski definition) is 7. The van der Waals surface area contributed by atoms with Gasteiger partial charge in [0, 0.05) is 19.2 Å². The van der Waals surface area contributed by atoms with Crippen LogP contribution >= 0.6 is 11.8 Å². The van der Waals surface area contributed by atoms with Gasteiger partial charge >= 0.3 is 0 Å². The van der Waals surface area contributed by atoms with Crippen LogP contribution in [-0.2, 0) is 14.6 Å². The molecule has 0 aliphatic carbocycles. The number of carbonyl (C=O) groups excluding carboxylic acids is 1. The number of nitrogens with one attached hydrogen (secondary N) is 1. The zero-order valence-electron chi connectivity index (χ0n) is 10.5. The minimum absolute atomic E-state index is 0.0806. The molecule has 0 radical (unpaired) electrons. The summed E-state index contributed by atoms with van der Waals surface area (Å²) in [4.78, 5) is 10.7. The standard InChI is InChI=1S/C10H15N3O4S2/c1-7(14)11-3-4-18-10-13-12-9(17-10)8-2-5-19(15,16)6-8/h8H,2-6H2,1H3,(H,11,14)/t8-/m0/s1. The van der Waals surface area contributed by atoms with Gasteiger partial charge in [-0.15, -0.1) is 10.2 Å². The fourth-order valence-electron chi connectivity index (χ4n) is 1.80. The quantitative estimate of drug-likeness (QED) is 0.612. The van der Waals surface area contributed by atoms with E-state index in [4.69, 9.17) is 4.42 Å². The lowest BCUT2D eigenvalue weighted by Crippen LogP contribution is -2.22. The molecule has 0 spiro atoms. The van der Waals surface area contributed by atoms with Crippen molar-refractivity contribution in [2.75, 3.05) is 23.8 Å². The first kappa shape index (κ1) is 14.3. The lowest BCUT2D eigenvalue weighted by molar-refractivity contribution is -0.118. The van der Waals surface area contributed by atoms with Gasteiger partial charge in [0.2, 0.25) is 11.8 Å². The summed E-state index contributed by atoms with van der Waals surface area (Å²) < 4.78 is 28.2. The maximum absolute atomic E-state index is 11.4. The Kier molecular flexibility index (Phi) is 4.46. The zero-order chi connectivity index (χ0) is 13.9. The summed E-state index contributed by atoms with van der Waals surface area (Å²) in [5.74, 6) is 1.04. The highest BCUT2D eigenvalue weighted by Gasteiger charge is 2.32. The van der Waals surface area contributed by atoms with Gasteiger partial charge in [0.05, 0.1) is 17.4 Å². The average molecular weight is 305 g/mol. The molecule has 1 N–H and O–H groups in total. The monoisotopic (exact) mass is 305 g/mol. The van der Waals surface area contributed by atoms with Crippen molar-refractivity contribution >= 4 is 27.5 Å². The van der Waals surface area contributed by atoms with E-state index >= 15 is 0 Å². The van der Waals surface area contributed by atoms with E-state index in [9.17, 15) is 13.2 Å². The van der Waals surface area contributed by atoms with Crippen molar-refractivity contribution in [3.05, 3.63) is 5.89 Å². The molecule has 1 atom stereocenters. The summed E-state index contributed by atoms with van der Waals surface area (Å²) in [5, 5.41) is 10.8. The number of hydrogen-bond donors (Lipinski definition) is 1. The maximum Gasteiger partial charge on any atom is 0.276 e. The summed E-state index contributed by atoms with van der Waals surface area (Å²) in [7, 11) is -2.95. The Bertz CT molecular complexity index is 555. The molecule has 1 aromatic rings. The van der Waals surface area contributed by atoms with E-state index in [1.54, 1.807) is 0 Å². The third-order valence-corrected chi connectivity index (χ3v) is 5.29. The van der Waals surface area contributed by atoms with E-state index in [1.165, 1.54) is 18.7 Å².